The van der Waals surface area contributed by atoms with Crippen molar-refractivity contribution in [2.75, 3.05) is 5.32 Å². The Morgan fingerprint density at radius 1 is 1.05 bits per heavy atom. The van der Waals surface area contributed by atoms with Crippen LogP contribution in [0.3, 0.4) is 0 Å². The second kappa shape index (κ2) is 5.79. The molecule has 3 rings (SSSR count). The van der Waals surface area contributed by atoms with Crippen LogP contribution in [0.1, 0.15) is 17.0 Å². The normalized spacial score (nSPS) is 10.6. The predicted molar refractivity (Wildman–Crippen MR) is 84.6 cm³/mol. The summed E-state index contributed by atoms with van der Waals surface area (Å²) in [5.74, 6) is 0. The van der Waals surface area contributed by atoms with E-state index in [9.17, 15) is 0 Å². The van der Waals surface area contributed by atoms with Crippen LogP contribution in [-0.4, -0.2) is 14.5 Å². The molecular weight excluding hydrogens is 260 g/mol. The Hall–Kier alpha value is -2.62. The first-order valence-electron chi connectivity index (χ1n) is 6.98. The van der Waals surface area contributed by atoms with Gasteiger partial charge in [-0.2, -0.15) is 0 Å². The highest BCUT2D eigenvalue weighted by molar-refractivity contribution is 5.43. The minimum atomic E-state index is 0.764. The van der Waals surface area contributed by atoms with E-state index in [1.165, 1.54) is 29.0 Å². The van der Waals surface area contributed by atoms with Crippen LogP contribution in [0.25, 0.3) is 5.69 Å². The molecule has 1 N–H and O–H groups in total. The summed E-state index contributed by atoms with van der Waals surface area (Å²) in [7, 11) is 0. The lowest BCUT2D eigenvalue weighted by molar-refractivity contribution is 0.950. The van der Waals surface area contributed by atoms with Crippen molar-refractivity contribution >= 4 is 5.69 Å². The predicted octanol–water partition coefficient (Wildman–Crippen LogP) is 3.50. The molecule has 0 unspecified atom stereocenters. The van der Waals surface area contributed by atoms with E-state index in [0.29, 0.717) is 0 Å². The molecule has 0 amide bonds. The first kappa shape index (κ1) is 13.4. The highest BCUT2D eigenvalue weighted by atomic mass is 15.0. The van der Waals surface area contributed by atoms with E-state index in [-0.39, 0.29) is 0 Å². The van der Waals surface area contributed by atoms with E-state index < -0.39 is 0 Å². The standard InChI is InChI=1S/C17H18N4/c1-13-8-15(9-20-16-10-18-12-19-11-16)14(2)21(13)17-6-4-3-5-7-17/h3-8,10-12,20H,9H2,1-2H3. The smallest absolute Gasteiger partial charge is 0.115 e. The molecule has 1 aromatic carbocycles. The number of benzene rings is 1. The van der Waals surface area contributed by atoms with Crippen molar-refractivity contribution in [3.8, 4) is 5.69 Å². The molecule has 4 nitrogen and oxygen atoms in total. The third-order valence-electron chi connectivity index (χ3n) is 3.59. The van der Waals surface area contributed by atoms with E-state index in [1.807, 2.05) is 6.07 Å². The number of anilines is 1. The fourth-order valence-corrected chi connectivity index (χ4v) is 2.57. The molecule has 0 aliphatic heterocycles. The van der Waals surface area contributed by atoms with Crippen LogP contribution in [0.2, 0.25) is 0 Å². The maximum Gasteiger partial charge on any atom is 0.115 e. The second-order valence-electron chi connectivity index (χ2n) is 5.05. The molecule has 0 fully saturated rings. The SMILES string of the molecule is Cc1cc(CNc2cncnc2)c(C)n1-c1ccccc1. The van der Waals surface area contributed by atoms with Crippen molar-refractivity contribution in [3.63, 3.8) is 0 Å². The van der Waals surface area contributed by atoms with Crippen LogP contribution in [0.4, 0.5) is 5.69 Å². The van der Waals surface area contributed by atoms with Gasteiger partial charge in [-0.1, -0.05) is 18.2 Å². The van der Waals surface area contributed by atoms with Gasteiger partial charge in [-0.25, -0.2) is 9.97 Å². The van der Waals surface area contributed by atoms with Gasteiger partial charge in [-0.3, -0.25) is 0 Å². The molecule has 0 radical (unpaired) electrons. The van der Waals surface area contributed by atoms with Crippen LogP contribution in [-0.2, 0) is 6.54 Å². The number of hydrogen-bond acceptors (Lipinski definition) is 3. The van der Waals surface area contributed by atoms with E-state index in [2.05, 4.69) is 64.0 Å². The summed E-state index contributed by atoms with van der Waals surface area (Å²) in [5, 5.41) is 3.36. The van der Waals surface area contributed by atoms with Gasteiger partial charge in [0.25, 0.3) is 0 Å². The van der Waals surface area contributed by atoms with Gasteiger partial charge in [0.2, 0.25) is 0 Å². The largest absolute Gasteiger partial charge is 0.378 e. The van der Waals surface area contributed by atoms with Gasteiger partial charge in [-0.05, 0) is 37.6 Å². The van der Waals surface area contributed by atoms with Crippen LogP contribution >= 0.6 is 0 Å². The molecule has 2 heterocycles. The molecule has 3 aromatic rings. The molecule has 21 heavy (non-hydrogen) atoms. The van der Waals surface area contributed by atoms with Crippen molar-refractivity contribution in [1.29, 1.82) is 0 Å². The molecule has 0 aliphatic rings. The first-order valence-corrected chi connectivity index (χ1v) is 6.98. The topological polar surface area (TPSA) is 42.7 Å². The van der Waals surface area contributed by atoms with Crippen molar-refractivity contribution in [3.05, 3.63) is 72.1 Å². The van der Waals surface area contributed by atoms with Gasteiger partial charge in [0.05, 0.1) is 18.1 Å². The average Bonchev–Trinajstić information content (AvgIpc) is 2.81. The summed E-state index contributed by atoms with van der Waals surface area (Å²) in [6.45, 7) is 5.05. The van der Waals surface area contributed by atoms with Crippen molar-refractivity contribution in [1.82, 2.24) is 14.5 Å². The van der Waals surface area contributed by atoms with E-state index >= 15 is 0 Å². The second-order valence-corrected chi connectivity index (χ2v) is 5.05. The first-order chi connectivity index (χ1) is 10.3. The molecule has 4 heteroatoms. The lowest BCUT2D eigenvalue weighted by Gasteiger charge is -2.10. The molecule has 0 aliphatic carbocycles. The minimum absolute atomic E-state index is 0.764. The van der Waals surface area contributed by atoms with E-state index in [0.717, 1.165) is 12.2 Å². The van der Waals surface area contributed by atoms with Gasteiger partial charge >= 0.3 is 0 Å². The summed E-state index contributed by atoms with van der Waals surface area (Å²) in [6, 6.07) is 12.6. The van der Waals surface area contributed by atoms with Crippen LogP contribution in [0.5, 0.6) is 0 Å². The zero-order chi connectivity index (χ0) is 14.7. The molecule has 0 saturated carbocycles. The fraction of sp³-hybridized carbons (Fsp3) is 0.176. The number of aromatic nitrogens is 3. The van der Waals surface area contributed by atoms with Crippen LogP contribution in [0.15, 0.2) is 55.1 Å². The monoisotopic (exact) mass is 278 g/mol. The summed E-state index contributed by atoms with van der Waals surface area (Å²) in [4.78, 5) is 8.02. The molecule has 2 aromatic heterocycles. The third-order valence-corrected chi connectivity index (χ3v) is 3.59. The molecule has 106 valence electrons. The average molecular weight is 278 g/mol. The lowest BCUT2D eigenvalue weighted by atomic mass is 10.2. The summed E-state index contributed by atoms with van der Waals surface area (Å²) in [5.41, 5.74) is 5.90. The summed E-state index contributed by atoms with van der Waals surface area (Å²) in [6.07, 6.45) is 5.10. The van der Waals surface area contributed by atoms with E-state index in [1.54, 1.807) is 12.4 Å². The Balaban J connectivity index is 1.85. The Morgan fingerprint density at radius 3 is 2.48 bits per heavy atom. The molecule has 0 atom stereocenters. The van der Waals surface area contributed by atoms with Crippen molar-refractivity contribution in [2.24, 2.45) is 0 Å². The Kier molecular flexibility index (Phi) is 3.69. The number of nitrogens with one attached hydrogen (secondary N) is 1. The Bertz CT molecular complexity index is 717. The zero-order valence-electron chi connectivity index (χ0n) is 12.2. The molecule has 0 bridgehead atoms. The lowest BCUT2D eigenvalue weighted by Crippen LogP contribution is -2.03. The Morgan fingerprint density at radius 2 is 1.76 bits per heavy atom. The quantitative estimate of drug-likeness (QED) is 0.794. The maximum atomic E-state index is 4.01. The van der Waals surface area contributed by atoms with Gasteiger partial charge in [0.15, 0.2) is 0 Å². The number of hydrogen-bond donors (Lipinski definition) is 1. The number of aryl methyl sites for hydroxylation is 1. The van der Waals surface area contributed by atoms with Crippen LogP contribution in [0, 0.1) is 13.8 Å². The minimum Gasteiger partial charge on any atom is -0.378 e. The van der Waals surface area contributed by atoms with Crippen molar-refractivity contribution < 1.29 is 0 Å². The summed E-state index contributed by atoms with van der Waals surface area (Å²) >= 11 is 0. The van der Waals surface area contributed by atoms with Crippen LogP contribution < -0.4 is 5.32 Å². The fourth-order valence-electron chi connectivity index (χ4n) is 2.57. The van der Waals surface area contributed by atoms with Gasteiger partial charge in [0, 0.05) is 23.6 Å². The number of rotatable bonds is 4. The van der Waals surface area contributed by atoms with Gasteiger partial charge in [0.1, 0.15) is 6.33 Å². The van der Waals surface area contributed by atoms with E-state index in [4.69, 9.17) is 0 Å². The molecular formula is C17H18N4. The van der Waals surface area contributed by atoms with Gasteiger partial charge < -0.3 is 9.88 Å². The molecule has 0 saturated heterocycles. The zero-order valence-corrected chi connectivity index (χ0v) is 12.2. The number of para-hydroxylation sites is 1. The summed E-state index contributed by atoms with van der Waals surface area (Å²) < 4.78 is 2.28. The van der Waals surface area contributed by atoms with Crippen molar-refractivity contribution in [2.45, 2.75) is 20.4 Å². The maximum absolute atomic E-state index is 4.01. The highest BCUT2D eigenvalue weighted by Gasteiger charge is 2.10. The third kappa shape index (κ3) is 2.79. The highest BCUT2D eigenvalue weighted by Crippen LogP contribution is 2.21. The van der Waals surface area contributed by atoms with Gasteiger partial charge in [-0.15, -0.1) is 0 Å². The Labute approximate surface area is 124 Å². The number of nitrogens with zero attached hydrogens (tertiary/aromatic N) is 3. The molecule has 0 spiro atoms.